The van der Waals surface area contributed by atoms with E-state index in [1.807, 2.05) is 29.2 Å². The molecule has 3 aliphatic rings. The minimum Gasteiger partial charge on any atom is -0.489 e. The van der Waals surface area contributed by atoms with E-state index in [1.165, 1.54) is 36.8 Å². The first-order valence-corrected chi connectivity index (χ1v) is 12.1. The van der Waals surface area contributed by atoms with Crippen LogP contribution in [0, 0.1) is 0 Å². The fourth-order valence-corrected chi connectivity index (χ4v) is 5.54. The zero-order valence-corrected chi connectivity index (χ0v) is 18.5. The van der Waals surface area contributed by atoms with Crippen molar-refractivity contribution in [3.8, 4) is 5.75 Å². The second-order valence-electron chi connectivity index (χ2n) is 9.37. The molecule has 5 rings (SSSR count). The van der Waals surface area contributed by atoms with Crippen LogP contribution in [0.3, 0.4) is 0 Å². The Kier molecular flexibility index (Phi) is 6.26. The van der Waals surface area contributed by atoms with Crippen LogP contribution in [-0.2, 0) is 12.8 Å². The van der Waals surface area contributed by atoms with E-state index in [4.69, 9.17) is 4.74 Å². The lowest BCUT2D eigenvalue weighted by atomic mass is 9.86. The van der Waals surface area contributed by atoms with Gasteiger partial charge >= 0.3 is 0 Å². The van der Waals surface area contributed by atoms with Gasteiger partial charge in [-0.2, -0.15) is 0 Å². The number of para-hydroxylation sites is 1. The predicted molar refractivity (Wildman–Crippen MR) is 124 cm³/mol. The van der Waals surface area contributed by atoms with Crippen molar-refractivity contribution in [2.75, 3.05) is 26.2 Å². The molecule has 2 aromatic rings. The van der Waals surface area contributed by atoms with Crippen molar-refractivity contribution in [1.29, 1.82) is 0 Å². The Morgan fingerprint density at radius 2 is 1.52 bits per heavy atom. The number of amides is 1. The van der Waals surface area contributed by atoms with Crippen LogP contribution in [0.25, 0.3) is 0 Å². The molecule has 0 N–H and O–H groups in total. The Hall–Kier alpha value is -2.33. The van der Waals surface area contributed by atoms with Gasteiger partial charge in [-0.25, -0.2) is 0 Å². The Labute approximate surface area is 186 Å². The maximum Gasteiger partial charge on any atom is 0.257 e. The Balaban J connectivity index is 1.18. The summed E-state index contributed by atoms with van der Waals surface area (Å²) in [5.41, 5.74) is 3.80. The van der Waals surface area contributed by atoms with Crippen LogP contribution >= 0.6 is 0 Å². The maximum absolute atomic E-state index is 13.1. The highest BCUT2D eigenvalue weighted by Gasteiger charge is 2.29. The van der Waals surface area contributed by atoms with Crippen LogP contribution in [0.1, 0.15) is 60.0 Å². The summed E-state index contributed by atoms with van der Waals surface area (Å²) in [6.07, 6.45) is 9.34. The molecular weight excluding hydrogens is 384 g/mol. The molecule has 2 saturated heterocycles. The number of fused-ring (bicyclic) bond motifs is 1. The van der Waals surface area contributed by atoms with Crippen LogP contribution in [0.15, 0.2) is 48.5 Å². The summed E-state index contributed by atoms with van der Waals surface area (Å²) in [5, 5.41) is 0. The van der Waals surface area contributed by atoms with E-state index in [-0.39, 0.29) is 12.0 Å². The molecule has 0 unspecified atom stereocenters. The van der Waals surface area contributed by atoms with Crippen molar-refractivity contribution in [3.63, 3.8) is 0 Å². The van der Waals surface area contributed by atoms with Crippen LogP contribution in [0.2, 0.25) is 0 Å². The van der Waals surface area contributed by atoms with Crippen LogP contribution in [-0.4, -0.2) is 54.0 Å². The smallest absolute Gasteiger partial charge is 0.257 e. The van der Waals surface area contributed by atoms with Crippen molar-refractivity contribution in [2.45, 2.75) is 63.5 Å². The molecule has 2 heterocycles. The number of carbonyl (C=O) groups excluding carboxylic acids is 1. The fraction of sp³-hybridized carbons (Fsp3) is 0.519. The van der Waals surface area contributed by atoms with Crippen molar-refractivity contribution in [3.05, 3.63) is 65.2 Å². The molecule has 31 heavy (non-hydrogen) atoms. The molecule has 2 aromatic carbocycles. The number of hydrogen-bond acceptors (Lipinski definition) is 3. The SMILES string of the molecule is O=C(c1ccccc1OC1CCN([C@@H]2CCc3ccccc3C2)CC1)N1CCCCC1. The van der Waals surface area contributed by atoms with Gasteiger partial charge in [0.05, 0.1) is 5.56 Å². The van der Waals surface area contributed by atoms with Gasteiger partial charge in [-0.3, -0.25) is 9.69 Å². The lowest BCUT2D eigenvalue weighted by molar-refractivity contribution is 0.0651. The number of hydrogen-bond donors (Lipinski definition) is 0. The van der Waals surface area contributed by atoms with E-state index >= 15 is 0 Å². The second kappa shape index (κ2) is 9.44. The number of piperidine rings is 2. The van der Waals surface area contributed by atoms with Crippen molar-refractivity contribution < 1.29 is 9.53 Å². The van der Waals surface area contributed by atoms with Gasteiger partial charge in [0, 0.05) is 32.2 Å². The van der Waals surface area contributed by atoms with Crippen molar-refractivity contribution in [2.24, 2.45) is 0 Å². The lowest BCUT2D eigenvalue weighted by Crippen LogP contribution is -2.46. The van der Waals surface area contributed by atoms with Crippen LogP contribution in [0.4, 0.5) is 0 Å². The molecule has 1 aliphatic carbocycles. The molecule has 2 aliphatic heterocycles. The van der Waals surface area contributed by atoms with E-state index < -0.39 is 0 Å². The number of benzene rings is 2. The molecule has 2 fully saturated rings. The second-order valence-corrected chi connectivity index (χ2v) is 9.37. The molecule has 0 radical (unpaired) electrons. The molecule has 4 nitrogen and oxygen atoms in total. The normalized spacial score (nSPS) is 22.7. The summed E-state index contributed by atoms with van der Waals surface area (Å²) >= 11 is 0. The van der Waals surface area contributed by atoms with Gasteiger partial charge < -0.3 is 9.64 Å². The number of rotatable bonds is 4. The fourth-order valence-electron chi connectivity index (χ4n) is 5.54. The Morgan fingerprint density at radius 3 is 2.32 bits per heavy atom. The van der Waals surface area contributed by atoms with Crippen molar-refractivity contribution >= 4 is 5.91 Å². The number of nitrogens with zero attached hydrogens (tertiary/aromatic N) is 2. The first-order valence-electron chi connectivity index (χ1n) is 12.1. The largest absolute Gasteiger partial charge is 0.489 e. The highest BCUT2D eigenvalue weighted by Crippen LogP contribution is 2.29. The third-order valence-electron chi connectivity index (χ3n) is 7.37. The molecule has 0 spiro atoms. The summed E-state index contributed by atoms with van der Waals surface area (Å²) in [4.78, 5) is 17.7. The maximum atomic E-state index is 13.1. The number of aryl methyl sites for hydroxylation is 1. The third kappa shape index (κ3) is 4.64. The molecule has 1 atom stereocenters. The molecule has 0 bridgehead atoms. The van der Waals surface area contributed by atoms with E-state index in [1.54, 1.807) is 0 Å². The Bertz CT molecular complexity index is 898. The lowest BCUT2D eigenvalue weighted by Gasteiger charge is -2.39. The van der Waals surface area contributed by atoms with Crippen LogP contribution < -0.4 is 4.74 Å². The summed E-state index contributed by atoms with van der Waals surface area (Å²) in [6, 6.07) is 17.4. The molecule has 164 valence electrons. The summed E-state index contributed by atoms with van der Waals surface area (Å²) in [5.74, 6) is 0.900. The van der Waals surface area contributed by atoms with Gasteiger partial charge in [-0.1, -0.05) is 36.4 Å². The standard InChI is InChI=1S/C27H34N2O2/c30-27(29-16-6-1-7-17-29)25-10-4-5-11-26(25)31-24-14-18-28(19-15-24)23-13-12-21-8-2-3-9-22(21)20-23/h2-5,8-11,23-24H,1,6-7,12-20H2/t23-/m1/s1. The minimum atomic E-state index is 0.133. The first-order chi connectivity index (χ1) is 15.3. The average Bonchev–Trinajstić information content (AvgIpc) is 2.85. The first kappa shape index (κ1) is 20.6. The summed E-state index contributed by atoms with van der Waals surface area (Å²) in [7, 11) is 0. The average molecular weight is 419 g/mol. The van der Waals surface area contributed by atoms with Crippen molar-refractivity contribution in [1.82, 2.24) is 9.80 Å². The van der Waals surface area contributed by atoms with Gasteiger partial charge in [0.25, 0.3) is 5.91 Å². The van der Waals surface area contributed by atoms with E-state index in [0.717, 1.165) is 63.2 Å². The van der Waals surface area contributed by atoms with Gasteiger partial charge in [-0.15, -0.1) is 0 Å². The van der Waals surface area contributed by atoms with Crippen LogP contribution in [0.5, 0.6) is 5.75 Å². The van der Waals surface area contributed by atoms with E-state index in [2.05, 4.69) is 29.2 Å². The monoisotopic (exact) mass is 418 g/mol. The highest BCUT2D eigenvalue weighted by atomic mass is 16.5. The Morgan fingerprint density at radius 1 is 0.806 bits per heavy atom. The van der Waals surface area contributed by atoms with Gasteiger partial charge in [0.1, 0.15) is 11.9 Å². The summed E-state index contributed by atoms with van der Waals surface area (Å²) in [6.45, 7) is 3.91. The van der Waals surface area contributed by atoms with Gasteiger partial charge in [-0.05, 0) is 74.6 Å². The van der Waals surface area contributed by atoms with E-state index in [0.29, 0.717) is 6.04 Å². The van der Waals surface area contributed by atoms with E-state index in [9.17, 15) is 4.79 Å². The highest BCUT2D eigenvalue weighted by molar-refractivity contribution is 5.97. The molecule has 1 amide bonds. The predicted octanol–water partition coefficient (Wildman–Crippen LogP) is 4.71. The molecule has 0 saturated carbocycles. The number of likely N-dealkylation sites (tertiary alicyclic amines) is 2. The minimum absolute atomic E-state index is 0.133. The summed E-state index contributed by atoms with van der Waals surface area (Å²) < 4.78 is 6.42. The molecular formula is C27H34N2O2. The molecule has 4 heteroatoms. The zero-order chi connectivity index (χ0) is 21.0. The van der Waals surface area contributed by atoms with Gasteiger partial charge in [0.15, 0.2) is 0 Å². The number of carbonyl (C=O) groups is 1. The van der Waals surface area contributed by atoms with Gasteiger partial charge in [0.2, 0.25) is 0 Å². The topological polar surface area (TPSA) is 32.8 Å². The molecule has 0 aromatic heterocycles. The quantitative estimate of drug-likeness (QED) is 0.721. The number of ether oxygens (including phenoxy) is 1. The zero-order valence-electron chi connectivity index (χ0n) is 18.5. The third-order valence-corrected chi connectivity index (χ3v) is 7.37.